The van der Waals surface area contributed by atoms with Crippen molar-refractivity contribution in [3.63, 3.8) is 0 Å². The zero-order chi connectivity index (χ0) is 17.4. The second-order valence-electron chi connectivity index (χ2n) is 5.66. The summed E-state index contributed by atoms with van der Waals surface area (Å²) in [5.41, 5.74) is 2.64. The Hall–Kier alpha value is -2.12. The number of anilines is 1. The van der Waals surface area contributed by atoms with E-state index in [9.17, 15) is 4.79 Å². The summed E-state index contributed by atoms with van der Waals surface area (Å²) in [4.78, 5) is 24.4. The van der Waals surface area contributed by atoms with Crippen LogP contribution in [0.4, 0.5) is 5.82 Å². The third-order valence-electron chi connectivity index (χ3n) is 3.99. The molecule has 1 aromatic heterocycles. The van der Waals surface area contributed by atoms with Gasteiger partial charge in [0.15, 0.2) is 16.8 Å². The van der Waals surface area contributed by atoms with E-state index in [0.29, 0.717) is 21.5 Å². The van der Waals surface area contributed by atoms with Crippen LogP contribution < -0.4 is 4.90 Å². The number of imidazole rings is 1. The fourth-order valence-corrected chi connectivity index (χ4v) is 3.40. The summed E-state index contributed by atoms with van der Waals surface area (Å²) < 4.78 is 0. The molecule has 3 rings (SSSR count). The van der Waals surface area contributed by atoms with E-state index in [1.807, 2.05) is 55.1 Å². The highest BCUT2D eigenvalue weighted by atomic mass is 32.2. The molecule has 0 fully saturated rings. The SMILES string of the molecule is C=C1N(C)C(=S)c2[nH]c(SCC(=O)c3ccc(C)cc3)nc2N1C. The predicted molar refractivity (Wildman–Crippen MR) is 102 cm³/mol. The minimum atomic E-state index is 0.0758. The minimum absolute atomic E-state index is 0.0758. The number of nitrogens with one attached hydrogen (secondary N) is 1. The van der Waals surface area contributed by atoms with E-state index in [2.05, 4.69) is 16.5 Å². The monoisotopic (exact) mass is 358 g/mol. The molecule has 7 heteroatoms. The number of aromatic amines is 1. The topological polar surface area (TPSA) is 52.2 Å². The first-order valence-corrected chi connectivity index (χ1v) is 8.81. The highest BCUT2D eigenvalue weighted by Gasteiger charge is 2.29. The lowest BCUT2D eigenvalue weighted by Crippen LogP contribution is -2.39. The average Bonchev–Trinajstić information content (AvgIpc) is 3.01. The summed E-state index contributed by atoms with van der Waals surface area (Å²) in [5, 5.41) is 0.678. The molecule has 1 aliphatic rings. The number of fused-ring (bicyclic) bond motifs is 1. The van der Waals surface area contributed by atoms with Gasteiger partial charge in [0.25, 0.3) is 0 Å². The number of carbonyl (C=O) groups is 1. The maximum atomic E-state index is 12.3. The van der Waals surface area contributed by atoms with Gasteiger partial charge in [0.1, 0.15) is 16.5 Å². The van der Waals surface area contributed by atoms with Crippen LogP contribution in [0.25, 0.3) is 0 Å². The second kappa shape index (κ2) is 6.41. The lowest BCUT2D eigenvalue weighted by Gasteiger charge is -2.33. The third-order valence-corrected chi connectivity index (χ3v) is 5.34. The van der Waals surface area contributed by atoms with E-state index < -0.39 is 0 Å². The Kier molecular flexibility index (Phi) is 4.47. The quantitative estimate of drug-likeness (QED) is 0.514. The van der Waals surface area contributed by atoms with Gasteiger partial charge in [-0.15, -0.1) is 0 Å². The zero-order valence-electron chi connectivity index (χ0n) is 13.8. The molecule has 2 heterocycles. The molecule has 0 saturated heterocycles. The molecule has 0 atom stereocenters. The zero-order valence-corrected chi connectivity index (χ0v) is 15.4. The van der Waals surface area contributed by atoms with Gasteiger partial charge in [-0.1, -0.05) is 60.4 Å². The maximum absolute atomic E-state index is 12.3. The molecule has 1 aromatic carbocycles. The van der Waals surface area contributed by atoms with Crippen molar-refractivity contribution in [2.75, 3.05) is 24.7 Å². The summed E-state index contributed by atoms with van der Waals surface area (Å²) in [6.07, 6.45) is 0. The van der Waals surface area contributed by atoms with Crippen molar-refractivity contribution in [1.29, 1.82) is 0 Å². The molecule has 0 spiro atoms. The number of ketones is 1. The van der Waals surface area contributed by atoms with Crippen LogP contribution in [0.3, 0.4) is 0 Å². The smallest absolute Gasteiger partial charge is 0.173 e. The van der Waals surface area contributed by atoms with E-state index >= 15 is 0 Å². The van der Waals surface area contributed by atoms with E-state index in [0.717, 1.165) is 22.9 Å². The number of thioether (sulfide) groups is 1. The molecule has 0 amide bonds. The van der Waals surface area contributed by atoms with Crippen molar-refractivity contribution in [1.82, 2.24) is 14.9 Å². The van der Waals surface area contributed by atoms with Crippen LogP contribution in [0.2, 0.25) is 0 Å². The van der Waals surface area contributed by atoms with Crippen LogP contribution in [0.1, 0.15) is 21.6 Å². The number of nitrogens with zero attached hydrogens (tertiary/aromatic N) is 3. The van der Waals surface area contributed by atoms with Crippen LogP contribution in [-0.2, 0) is 0 Å². The second-order valence-corrected chi connectivity index (χ2v) is 7.01. The molecule has 124 valence electrons. The number of hydrogen-bond acceptors (Lipinski definition) is 5. The number of Topliss-reactive ketones (excluding diaryl/α,β-unsaturated/α-hetero) is 1. The molecule has 0 saturated carbocycles. The number of H-pyrrole nitrogens is 1. The van der Waals surface area contributed by atoms with Crippen molar-refractivity contribution in [3.05, 3.63) is 53.5 Å². The first-order valence-electron chi connectivity index (χ1n) is 7.42. The van der Waals surface area contributed by atoms with Gasteiger partial charge in [-0.3, -0.25) is 4.79 Å². The standard InChI is InChI=1S/C17H18N4OS2/c1-10-5-7-12(8-6-10)13(22)9-24-17-18-14-15(19-17)20(3)11(2)21(4)16(14)23/h5-8H,2,9H2,1,3-4H3,(H,18,19). The summed E-state index contributed by atoms with van der Waals surface area (Å²) in [5.74, 6) is 1.91. The molecule has 5 nitrogen and oxygen atoms in total. The number of thiocarbonyl (C=S) groups is 1. The van der Waals surface area contributed by atoms with Gasteiger partial charge in [0, 0.05) is 19.7 Å². The molecule has 2 aromatic rings. The van der Waals surface area contributed by atoms with Crippen molar-refractivity contribution >= 4 is 40.6 Å². The Balaban J connectivity index is 1.75. The number of rotatable bonds is 4. The molecule has 1 aliphatic heterocycles. The molecule has 0 aliphatic carbocycles. The summed E-state index contributed by atoms with van der Waals surface area (Å²) in [7, 11) is 3.77. The Morgan fingerprint density at radius 3 is 2.62 bits per heavy atom. The molecule has 0 unspecified atom stereocenters. The lowest BCUT2D eigenvalue weighted by molar-refractivity contribution is 0.102. The minimum Gasteiger partial charge on any atom is -0.329 e. The van der Waals surface area contributed by atoms with Gasteiger partial charge in [0.05, 0.1) is 5.75 Å². The molecule has 0 radical (unpaired) electrons. The highest BCUT2D eigenvalue weighted by molar-refractivity contribution is 7.99. The van der Waals surface area contributed by atoms with Crippen molar-refractivity contribution in [2.45, 2.75) is 12.1 Å². The van der Waals surface area contributed by atoms with E-state index in [4.69, 9.17) is 12.2 Å². The van der Waals surface area contributed by atoms with Crippen LogP contribution in [0.15, 0.2) is 41.8 Å². The Morgan fingerprint density at radius 2 is 1.96 bits per heavy atom. The number of carbonyl (C=O) groups excluding carboxylic acids is 1. The van der Waals surface area contributed by atoms with Crippen LogP contribution in [-0.4, -0.2) is 45.5 Å². The van der Waals surface area contributed by atoms with Gasteiger partial charge in [-0.2, -0.15) is 0 Å². The van der Waals surface area contributed by atoms with Crippen LogP contribution in [0, 0.1) is 6.92 Å². The number of hydrogen-bond donors (Lipinski definition) is 1. The predicted octanol–water partition coefficient (Wildman–Crippen LogP) is 3.22. The fraction of sp³-hybridized carbons (Fsp3) is 0.235. The molecule has 1 N–H and O–H groups in total. The first kappa shape index (κ1) is 16.7. The summed E-state index contributed by atoms with van der Waals surface area (Å²) in [6, 6.07) is 7.59. The van der Waals surface area contributed by atoms with Gasteiger partial charge < -0.3 is 14.8 Å². The van der Waals surface area contributed by atoms with Crippen LogP contribution in [0.5, 0.6) is 0 Å². The Morgan fingerprint density at radius 1 is 1.29 bits per heavy atom. The third kappa shape index (κ3) is 2.97. The Bertz CT molecular complexity index is 826. The normalized spacial score (nSPS) is 14.1. The fourth-order valence-electron chi connectivity index (χ4n) is 2.39. The largest absolute Gasteiger partial charge is 0.329 e. The number of benzene rings is 1. The molecule has 24 heavy (non-hydrogen) atoms. The summed E-state index contributed by atoms with van der Waals surface area (Å²) in [6.45, 7) is 6.01. The van der Waals surface area contributed by atoms with Crippen molar-refractivity contribution in [2.24, 2.45) is 0 Å². The van der Waals surface area contributed by atoms with Crippen molar-refractivity contribution in [3.8, 4) is 0 Å². The van der Waals surface area contributed by atoms with Gasteiger partial charge in [-0.05, 0) is 6.92 Å². The molecular weight excluding hydrogens is 340 g/mol. The lowest BCUT2D eigenvalue weighted by atomic mass is 10.1. The van der Waals surface area contributed by atoms with Crippen LogP contribution >= 0.6 is 24.0 Å². The number of aromatic nitrogens is 2. The average molecular weight is 358 g/mol. The van der Waals surface area contributed by atoms with E-state index in [1.54, 1.807) is 0 Å². The van der Waals surface area contributed by atoms with E-state index in [1.165, 1.54) is 11.8 Å². The highest BCUT2D eigenvalue weighted by Crippen LogP contribution is 2.31. The summed E-state index contributed by atoms with van der Waals surface area (Å²) >= 11 is 6.82. The van der Waals surface area contributed by atoms with Gasteiger partial charge in [-0.25, -0.2) is 4.98 Å². The molecule has 0 bridgehead atoms. The molecular formula is C17H18N4OS2. The van der Waals surface area contributed by atoms with Gasteiger partial charge in [0.2, 0.25) is 0 Å². The van der Waals surface area contributed by atoms with Crippen molar-refractivity contribution < 1.29 is 4.79 Å². The Labute approximate surface area is 150 Å². The first-order chi connectivity index (χ1) is 11.4. The number of aryl methyl sites for hydroxylation is 1. The maximum Gasteiger partial charge on any atom is 0.173 e. The van der Waals surface area contributed by atoms with E-state index in [-0.39, 0.29) is 5.78 Å². The van der Waals surface area contributed by atoms with Gasteiger partial charge >= 0.3 is 0 Å².